The van der Waals surface area contributed by atoms with Gasteiger partial charge in [-0.3, -0.25) is 9.59 Å². The fourth-order valence-electron chi connectivity index (χ4n) is 7.54. The van der Waals surface area contributed by atoms with E-state index in [9.17, 15) is 9.59 Å². The maximum atomic E-state index is 12.7. The SMILES string of the molecule is COc1cc(/C=N/NC(=O)COc2ccc(Br)cc2Br)ccc1OCC(=O)Nc1ccc(C23CC4CC(CC(C4)C2)C3)cc1. The Labute approximate surface area is 274 Å². The summed E-state index contributed by atoms with van der Waals surface area (Å²) < 4.78 is 18.4. The van der Waals surface area contributed by atoms with Gasteiger partial charge in [0.05, 0.1) is 17.8 Å². The van der Waals surface area contributed by atoms with Crippen LogP contribution in [0.5, 0.6) is 17.2 Å². The van der Waals surface area contributed by atoms with Gasteiger partial charge in [-0.15, -0.1) is 0 Å². The Hall–Kier alpha value is -3.37. The molecule has 0 aliphatic heterocycles. The van der Waals surface area contributed by atoms with Crippen LogP contribution in [0.3, 0.4) is 0 Å². The third-order valence-corrected chi connectivity index (χ3v) is 10.1. The third kappa shape index (κ3) is 7.12. The molecule has 230 valence electrons. The van der Waals surface area contributed by atoms with E-state index in [1.165, 1.54) is 57.4 Å². The summed E-state index contributed by atoms with van der Waals surface area (Å²) in [6.07, 6.45) is 9.72. The van der Waals surface area contributed by atoms with Crippen molar-refractivity contribution >= 4 is 55.6 Å². The summed E-state index contributed by atoms with van der Waals surface area (Å²) in [5.41, 5.74) is 5.65. The quantitative estimate of drug-likeness (QED) is 0.161. The zero-order chi connectivity index (χ0) is 30.7. The number of benzene rings is 3. The lowest BCUT2D eigenvalue weighted by Crippen LogP contribution is -2.48. The molecular formula is C34H35Br2N3O5. The molecule has 3 aromatic carbocycles. The number of rotatable bonds is 11. The van der Waals surface area contributed by atoms with Crippen LogP contribution in [0.15, 0.2) is 74.7 Å². The molecule has 0 aromatic heterocycles. The highest BCUT2D eigenvalue weighted by molar-refractivity contribution is 9.11. The van der Waals surface area contributed by atoms with E-state index in [0.29, 0.717) is 28.2 Å². The van der Waals surface area contributed by atoms with Crippen molar-refractivity contribution in [2.75, 3.05) is 25.6 Å². The van der Waals surface area contributed by atoms with E-state index in [-0.39, 0.29) is 19.1 Å². The first kappa shape index (κ1) is 30.6. The molecular weight excluding hydrogens is 690 g/mol. The second-order valence-corrected chi connectivity index (χ2v) is 13.9. The number of hydrazone groups is 1. The number of hydrogen-bond donors (Lipinski definition) is 2. The normalized spacial score (nSPS) is 23.4. The van der Waals surface area contributed by atoms with Crippen LogP contribution in [0.1, 0.15) is 49.7 Å². The van der Waals surface area contributed by atoms with Crippen molar-refractivity contribution in [1.82, 2.24) is 5.43 Å². The Morgan fingerprint density at radius 1 is 0.841 bits per heavy atom. The number of methoxy groups -OCH3 is 1. The van der Waals surface area contributed by atoms with E-state index in [2.05, 4.69) is 59.8 Å². The van der Waals surface area contributed by atoms with Crippen molar-refractivity contribution < 1.29 is 23.8 Å². The second-order valence-electron chi connectivity index (χ2n) is 12.2. The molecule has 3 aromatic rings. The van der Waals surface area contributed by atoms with Gasteiger partial charge in [0.2, 0.25) is 0 Å². The van der Waals surface area contributed by atoms with E-state index in [0.717, 1.165) is 32.4 Å². The van der Waals surface area contributed by atoms with Crippen LogP contribution in [0.2, 0.25) is 0 Å². The molecule has 0 heterocycles. The van der Waals surface area contributed by atoms with Gasteiger partial charge in [-0.05, 0) is 137 Å². The zero-order valence-corrected chi connectivity index (χ0v) is 27.7. The molecule has 4 aliphatic rings. The second kappa shape index (κ2) is 13.3. The Morgan fingerprint density at radius 3 is 2.14 bits per heavy atom. The van der Waals surface area contributed by atoms with Gasteiger partial charge < -0.3 is 19.5 Å². The van der Waals surface area contributed by atoms with Crippen molar-refractivity contribution in [2.24, 2.45) is 22.9 Å². The minimum atomic E-state index is -0.406. The van der Waals surface area contributed by atoms with Crippen LogP contribution in [-0.4, -0.2) is 38.4 Å². The lowest BCUT2D eigenvalue weighted by atomic mass is 9.48. The summed E-state index contributed by atoms with van der Waals surface area (Å²) in [6, 6.07) is 19.0. The Morgan fingerprint density at radius 2 is 1.48 bits per heavy atom. The number of hydrogen-bond acceptors (Lipinski definition) is 6. The predicted octanol–water partition coefficient (Wildman–Crippen LogP) is 7.23. The van der Waals surface area contributed by atoms with E-state index in [1.54, 1.807) is 24.3 Å². The van der Waals surface area contributed by atoms with Gasteiger partial charge in [0, 0.05) is 10.2 Å². The number of nitrogens with one attached hydrogen (secondary N) is 2. The van der Waals surface area contributed by atoms with E-state index < -0.39 is 5.91 Å². The average Bonchev–Trinajstić information content (AvgIpc) is 2.99. The maximum Gasteiger partial charge on any atom is 0.277 e. The molecule has 44 heavy (non-hydrogen) atoms. The Kier molecular flexibility index (Phi) is 9.28. The highest BCUT2D eigenvalue weighted by atomic mass is 79.9. The Balaban J connectivity index is 0.973. The van der Waals surface area contributed by atoms with Crippen molar-refractivity contribution in [3.05, 3.63) is 80.7 Å². The minimum absolute atomic E-state index is 0.162. The van der Waals surface area contributed by atoms with E-state index in [4.69, 9.17) is 14.2 Å². The first-order valence-electron chi connectivity index (χ1n) is 14.9. The largest absolute Gasteiger partial charge is 0.493 e. The predicted molar refractivity (Wildman–Crippen MR) is 176 cm³/mol. The van der Waals surface area contributed by atoms with Gasteiger partial charge >= 0.3 is 0 Å². The molecule has 8 nitrogen and oxygen atoms in total. The first-order chi connectivity index (χ1) is 21.3. The zero-order valence-electron chi connectivity index (χ0n) is 24.5. The van der Waals surface area contributed by atoms with E-state index in [1.807, 2.05) is 24.3 Å². The van der Waals surface area contributed by atoms with Gasteiger partial charge in [0.1, 0.15) is 5.75 Å². The summed E-state index contributed by atoms with van der Waals surface area (Å²) in [6.45, 7) is -0.354. The standard InChI is InChI=1S/C34H35Br2N3O5/c1-42-31-13-21(18-37-39-33(41)20-43-29-9-5-26(35)14-28(29)36)2-8-30(31)44-19-32(40)38-27-6-3-25(4-7-27)34-15-22-10-23(16-34)12-24(11-22)17-34/h2-9,13-14,18,22-24H,10-12,15-17,19-20H2,1H3,(H,38,40)(H,39,41)/b37-18+. The van der Waals surface area contributed by atoms with Gasteiger partial charge in [-0.2, -0.15) is 5.10 Å². The summed E-state index contributed by atoms with van der Waals surface area (Å²) >= 11 is 6.77. The molecule has 0 saturated heterocycles. The van der Waals surface area contributed by atoms with Crippen LogP contribution in [0.25, 0.3) is 0 Å². The molecule has 0 unspecified atom stereocenters. The lowest BCUT2D eigenvalue weighted by Gasteiger charge is -2.57. The number of carbonyl (C=O) groups is 2. The first-order valence-corrected chi connectivity index (χ1v) is 16.5. The lowest BCUT2D eigenvalue weighted by molar-refractivity contribution is -0.123. The molecule has 7 rings (SSSR count). The number of amides is 2. The topological polar surface area (TPSA) is 98.2 Å². The smallest absolute Gasteiger partial charge is 0.277 e. The molecule has 0 atom stereocenters. The molecule has 4 bridgehead atoms. The maximum absolute atomic E-state index is 12.7. The van der Waals surface area contributed by atoms with E-state index >= 15 is 0 Å². The number of halogens is 2. The van der Waals surface area contributed by atoms with Crippen LogP contribution in [-0.2, 0) is 15.0 Å². The third-order valence-electron chi connectivity index (χ3n) is 9.02. The number of nitrogens with zero attached hydrogens (tertiary/aromatic N) is 1. The highest BCUT2D eigenvalue weighted by Crippen LogP contribution is 2.60. The summed E-state index contributed by atoms with van der Waals surface area (Å²) in [7, 11) is 1.52. The fourth-order valence-corrected chi connectivity index (χ4v) is 8.70. The number of ether oxygens (including phenoxy) is 3. The van der Waals surface area contributed by atoms with Crippen LogP contribution < -0.4 is 25.0 Å². The van der Waals surface area contributed by atoms with Crippen molar-refractivity contribution in [2.45, 2.75) is 43.9 Å². The molecule has 0 spiro atoms. The van der Waals surface area contributed by atoms with Crippen LogP contribution in [0, 0.1) is 17.8 Å². The summed E-state index contributed by atoms with van der Waals surface area (Å²) in [5, 5.41) is 6.94. The van der Waals surface area contributed by atoms with Crippen molar-refractivity contribution in [3.63, 3.8) is 0 Å². The molecule has 4 aliphatic carbocycles. The average molecular weight is 725 g/mol. The van der Waals surface area contributed by atoms with Gasteiger partial charge in [-0.1, -0.05) is 28.1 Å². The molecule has 0 radical (unpaired) electrons. The molecule has 2 N–H and O–H groups in total. The monoisotopic (exact) mass is 723 g/mol. The summed E-state index contributed by atoms with van der Waals surface area (Å²) in [4.78, 5) is 24.8. The fraction of sp³-hybridized carbons (Fsp3) is 0.382. The van der Waals surface area contributed by atoms with Gasteiger partial charge in [-0.25, -0.2) is 5.43 Å². The highest BCUT2D eigenvalue weighted by Gasteiger charge is 2.51. The van der Waals surface area contributed by atoms with Gasteiger partial charge in [0.25, 0.3) is 11.8 Å². The molecule has 2 amide bonds. The van der Waals surface area contributed by atoms with Crippen LogP contribution in [0.4, 0.5) is 5.69 Å². The van der Waals surface area contributed by atoms with Crippen molar-refractivity contribution in [3.8, 4) is 17.2 Å². The molecule has 4 saturated carbocycles. The molecule has 10 heteroatoms. The Bertz CT molecular complexity index is 1520. The van der Waals surface area contributed by atoms with Crippen molar-refractivity contribution in [1.29, 1.82) is 0 Å². The molecule has 4 fully saturated rings. The minimum Gasteiger partial charge on any atom is -0.493 e. The number of carbonyl (C=O) groups excluding carboxylic acids is 2. The van der Waals surface area contributed by atoms with Gasteiger partial charge in [0.15, 0.2) is 24.7 Å². The number of anilines is 1. The van der Waals surface area contributed by atoms with Crippen LogP contribution >= 0.6 is 31.9 Å². The summed E-state index contributed by atoms with van der Waals surface area (Å²) in [5.74, 6) is 3.45.